The van der Waals surface area contributed by atoms with Gasteiger partial charge >= 0.3 is 0 Å². The molecule has 2 heterocycles. The molecule has 0 bridgehead atoms. The summed E-state index contributed by atoms with van der Waals surface area (Å²) in [7, 11) is 4.41. The average Bonchev–Trinajstić information content (AvgIpc) is 2.56. The Kier molecular flexibility index (Phi) is 7.00. The highest BCUT2D eigenvalue weighted by atomic mass is 35.5. The number of aliphatic hydroxyl groups is 1. The predicted molar refractivity (Wildman–Crippen MR) is 100 cm³/mol. The molecule has 0 aliphatic carbocycles. The molecule has 0 radical (unpaired) electrons. The van der Waals surface area contributed by atoms with Gasteiger partial charge in [0, 0.05) is 24.1 Å². The smallest absolute Gasteiger partial charge is 0.147 e. The van der Waals surface area contributed by atoms with E-state index in [0.717, 1.165) is 41.3 Å². The number of hydrogen-bond donors (Lipinski definition) is 1. The number of likely N-dealkylation sites (N-methyl/N-ethyl adjacent to an activating group) is 1. The number of pyridine rings is 1. The maximum absolute atomic E-state index is 9.09. The van der Waals surface area contributed by atoms with Gasteiger partial charge in [0.15, 0.2) is 0 Å². The van der Waals surface area contributed by atoms with Gasteiger partial charge in [-0.2, -0.15) is 0 Å². The third-order valence-corrected chi connectivity index (χ3v) is 5.57. The molecule has 3 rings (SSSR count). The molecule has 1 aliphatic heterocycles. The fraction of sp³-hybridized carbons (Fsp3) is 0.389. The van der Waals surface area contributed by atoms with E-state index in [2.05, 4.69) is 48.2 Å². The van der Waals surface area contributed by atoms with Gasteiger partial charge in [0.25, 0.3) is 0 Å². The van der Waals surface area contributed by atoms with E-state index in [1.807, 2.05) is 6.07 Å². The molecule has 0 amide bonds. The number of para-hydroxylation sites is 1. The van der Waals surface area contributed by atoms with Crippen molar-refractivity contribution in [2.45, 2.75) is 16.2 Å². The lowest BCUT2D eigenvalue weighted by Gasteiger charge is -2.36. The Balaban J connectivity index is 0.00000225. The number of aromatic nitrogens is 1. The first kappa shape index (κ1) is 20.3. The maximum Gasteiger partial charge on any atom is 0.147 e. The number of hydrogen-bond acceptors (Lipinski definition) is 4. The summed E-state index contributed by atoms with van der Waals surface area (Å²) < 4.78 is 0.870. The molecule has 0 spiro atoms. The molecule has 0 atom stereocenters. The Morgan fingerprint density at radius 2 is 1.96 bits per heavy atom. The summed E-state index contributed by atoms with van der Waals surface area (Å²) in [4.78, 5) is 9.21. The molecule has 1 N–H and O–H groups in total. The van der Waals surface area contributed by atoms with E-state index in [-0.39, 0.29) is 19.0 Å². The normalized spacial score (nSPS) is 13.0. The number of aliphatic hydroxyl groups excluding tert-OH is 1. The molecule has 1 aliphatic rings. The molecule has 0 unspecified atom stereocenters. The molecule has 1 aromatic carbocycles. The first-order valence-electron chi connectivity index (χ1n) is 8.13. The third kappa shape index (κ3) is 4.80. The SMILES string of the molecule is C[N+](C)(CCCO)CCN1c2ccccc2Sc2cc(Cl)cnc21.[Cl-]. The summed E-state index contributed by atoms with van der Waals surface area (Å²) in [6.45, 7) is 3.05. The van der Waals surface area contributed by atoms with E-state index in [4.69, 9.17) is 16.7 Å². The second-order valence-electron chi connectivity index (χ2n) is 6.66. The minimum Gasteiger partial charge on any atom is -1.00 e. The molecular formula is C18H23Cl2N3OS. The van der Waals surface area contributed by atoms with Crippen LogP contribution in [0.15, 0.2) is 46.3 Å². The van der Waals surface area contributed by atoms with Gasteiger partial charge in [0.2, 0.25) is 0 Å². The summed E-state index contributed by atoms with van der Waals surface area (Å²) in [5, 5.41) is 9.75. The van der Waals surface area contributed by atoms with Crippen LogP contribution >= 0.6 is 23.4 Å². The van der Waals surface area contributed by atoms with Crippen LogP contribution in [0, 0.1) is 0 Å². The second-order valence-corrected chi connectivity index (χ2v) is 8.18. The summed E-state index contributed by atoms with van der Waals surface area (Å²) in [5.74, 6) is 0.977. The van der Waals surface area contributed by atoms with Gasteiger partial charge in [-0.3, -0.25) is 0 Å². The minimum atomic E-state index is 0. The van der Waals surface area contributed by atoms with Crippen LogP contribution in [0.4, 0.5) is 11.5 Å². The van der Waals surface area contributed by atoms with Crippen LogP contribution in [0.3, 0.4) is 0 Å². The number of quaternary nitrogens is 1. The van der Waals surface area contributed by atoms with Crippen molar-refractivity contribution in [1.82, 2.24) is 4.98 Å². The minimum absolute atomic E-state index is 0. The van der Waals surface area contributed by atoms with Crippen molar-refractivity contribution in [1.29, 1.82) is 0 Å². The summed E-state index contributed by atoms with van der Waals surface area (Å²) in [6.07, 6.45) is 2.54. The van der Waals surface area contributed by atoms with Gasteiger partial charge in [0.05, 0.1) is 49.3 Å². The number of fused-ring (bicyclic) bond motifs is 2. The highest BCUT2D eigenvalue weighted by molar-refractivity contribution is 7.99. The largest absolute Gasteiger partial charge is 1.00 e. The Morgan fingerprint density at radius 3 is 2.72 bits per heavy atom. The van der Waals surface area contributed by atoms with Crippen molar-refractivity contribution < 1.29 is 22.0 Å². The quantitative estimate of drug-likeness (QED) is 0.728. The van der Waals surface area contributed by atoms with Gasteiger partial charge in [-0.05, 0) is 18.2 Å². The highest BCUT2D eigenvalue weighted by Crippen LogP contribution is 2.47. The zero-order valence-electron chi connectivity index (χ0n) is 14.5. The Morgan fingerprint density at radius 1 is 1.20 bits per heavy atom. The van der Waals surface area contributed by atoms with Crippen molar-refractivity contribution >= 4 is 34.9 Å². The van der Waals surface area contributed by atoms with Crippen molar-refractivity contribution in [2.75, 3.05) is 45.2 Å². The lowest BCUT2D eigenvalue weighted by atomic mass is 10.2. The number of nitrogens with zero attached hydrogens (tertiary/aromatic N) is 3. The van der Waals surface area contributed by atoms with Crippen LogP contribution in [-0.4, -0.2) is 54.9 Å². The maximum atomic E-state index is 9.09. The second kappa shape index (κ2) is 8.60. The monoisotopic (exact) mass is 399 g/mol. The van der Waals surface area contributed by atoms with Gasteiger partial charge < -0.3 is 26.9 Å². The van der Waals surface area contributed by atoms with Gasteiger partial charge in [0.1, 0.15) is 5.82 Å². The van der Waals surface area contributed by atoms with Crippen LogP contribution < -0.4 is 17.3 Å². The highest BCUT2D eigenvalue weighted by Gasteiger charge is 2.26. The van der Waals surface area contributed by atoms with Crippen molar-refractivity contribution in [2.24, 2.45) is 0 Å². The van der Waals surface area contributed by atoms with E-state index in [1.165, 1.54) is 10.6 Å². The average molecular weight is 400 g/mol. The van der Waals surface area contributed by atoms with Gasteiger partial charge in [-0.15, -0.1) is 0 Å². The topological polar surface area (TPSA) is 36.4 Å². The lowest BCUT2D eigenvalue weighted by Crippen LogP contribution is -3.00. The van der Waals surface area contributed by atoms with Crippen molar-refractivity contribution in [3.63, 3.8) is 0 Å². The zero-order chi connectivity index (χ0) is 17.2. The molecule has 1 aromatic heterocycles. The summed E-state index contributed by atoms with van der Waals surface area (Å²) in [5.41, 5.74) is 1.20. The number of rotatable bonds is 6. The van der Waals surface area contributed by atoms with E-state index in [0.29, 0.717) is 5.02 Å². The molecule has 4 nitrogen and oxygen atoms in total. The number of benzene rings is 1. The fourth-order valence-corrected chi connectivity index (χ4v) is 4.23. The van der Waals surface area contributed by atoms with Crippen LogP contribution in [0.5, 0.6) is 0 Å². The molecule has 0 saturated carbocycles. The molecule has 2 aromatic rings. The van der Waals surface area contributed by atoms with E-state index in [1.54, 1.807) is 18.0 Å². The first-order chi connectivity index (χ1) is 11.5. The van der Waals surface area contributed by atoms with Gasteiger partial charge in [-0.1, -0.05) is 35.5 Å². The molecule has 136 valence electrons. The Labute approximate surface area is 164 Å². The van der Waals surface area contributed by atoms with E-state index < -0.39 is 0 Å². The van der Waals surface area contributed by atoms with Crippen LogP contribution in [0.1, 0.15) is 6.42 Å². The fourth-order valence-electron chi connectivity index (χ4n) is 2.90. The molecule has 0 fully saturated rings. The van der Waals surface area contributed by atoms with Gasteiger partial charge in [-0.25, -0.2) is 4.98 Å². The standard InChI is InChI=1S/C18H23ClN3OS.ClH/c1-22(2,9-5-11-23)10-8-21-15-6-3-4-7-16(15)24-17-12-14(19)13-20-18(17)21;/h3-4,6-7,12-13,23H,5,8-11H2,1-2H3;1H/q+1;/p-1. The van der Waals surface area contributed by atoms with Crippen molar-refractivity contribution in [3.8, 4) is 0 Å². The summed E-state index contributed by atoms with van der Waals surface area (Å²) >= 11 is 7.86. The molecule has 0 saturated heterocycles. The summed E-state index contributed by atoms with van der Waals surface area (Å²) in [6, 6.07) is 10.4. The van der Waals surface area contributed by atoms with E-state index >= 15 is 0 Å². The lowest BCUT2D eigenvalue weighted by molar-refractivity contribution is -0.889. The van der Waals surface area contributed by atoms with Crippen molar-refractivity contribution in [3.05, 3.63) is 41.6 Å². The third-order valence-electron chi connectivity index (χ3n) is 4.28. The molecule has 7 heteroatoms. The van der Waals surface area contributed by atoms with E-state index in [9.17, 15) is 0 Å². The number of halogens is 2. The van der Waals surface area contributed by atoms with Crippen LogP contribution in [-0.2, 0) is 0 Å². The number of anilines is 2. The van der Waals surface area contributed by atoms with Crippen LogP contribution in [0.2, 0.25) is 5.02 Å². The predicted octanol–water partition coefficient (Wildman–Crippen LogP) is 0.800. The zero-order valence-corrected chi connectivity index (χ0v) is 16.8. The first-order valence-corrected chi connectivity index (χ1v) is 9.32. The Bertz CT molecular complexity index is 727. The molecule has 25 heavy (non-hydrogen) atoms. The van der Waals surface area contributed by atoms with Crippen LogP contribution in [0.25, 0.3) is 0 Å². The molecular weight excluding hydrogens is 377 g/mol. The Hall–Kier alpha value is -0.980.